The predicted octanol–water partition coefficient (Wildman–Crippen LogP) is 2.29. The molecule has 0 saturated carbocycles. The summed E-state index contributed by atoms with van der Waals surface area (Å²) in [6, 6.07) is 5.72. The van der Waals surface area contributed by atoms with Gasteiger partial charge in [-0.3, -0.25) is 10.1 Å². The molecule has 0 fully saturated rings. The van der Waals surface area contributed by atoms with Crippen LogP contribution in [0.5, 0.6) is 0 Å². The Labute approximate surface area is 111 Å². The number of carbonyl (C=O) groups excluding carboxylic acids is 2. The van der Waals surface area contributed by atoms with Crippen LogP contribution in [0.1, 0.15) is 19.8 Å². The number of nitrogens with one attached hydrogen (secondary N) is 2. The fourth-order valence-electron chi connectivity index (χ4n) is 1.52. The number of amides is 2. The highest BCUT2D eigenvalue weighted by atomic mass is 19.1. The number of anilines is 1. The van der Waals surface area contributed by atoms with Gasteiger partial charge >= 0.3 is 6.09 Å². The molecule has 0 aliphatic rings. The van der Waals surface area contributed by atoms with Crippen LogP contribution in [0.2, 0.25) is 0 Å². The van der Waals surface area contributed by atoms with E-state index in [0.29, 0.717) is 6.42 Å². The lowest BCUT2D eigenvalue weighted by Gasteiger charge is -2.17. The highest BCUT2D eigenvalue weighted by Gasteiger charge is 2.14. The largest absolute Gasteiger partial charge is 0.453 e. The van der Waals surface area contributed by atoms with Crippen LogP contribution < -0.4 is 10.6 Å². The van der Waals surface area contributed by atoms with Gasteiger partial charge in [-0.1, -0.05) is 6.92 Å². The van der Waals surface area contributed by atoms with Crippen LogP contribution in [-0.4, -0.2) is 25.2 Å². The van der Waals surface area contributed by atoms with E-state index in [4.69, 9.17) is 0 Å². The summed E-state index contributed by atoms with van der Waals surface area (Å²) in [7, 11) is 1.19. The molecule has 0 spiro atoms. The van der Waals surface area contributed by atoms with Crippen LogP contribution in [-0.2, 0) is 9.53 Å². The van der Waals surface area contributed by atoms with Crippen LogP contribution in [0.25, 0.3) is 0 Å². The van der Waals surface area contributed by atoms with Gasteiger partial charge in [0.2, 0.25) is 5.91 Å². The molecule has 1 atom stereocenters. The Balaban J connectivity index is 2.51. The van der Waals surface area contributed by atoms with Crippen LogP contribution >= 0.6 is 0 Å². The molecule has 0 bridgehead atoms. The second kappa shape index (κ2) is 7.35. The number of hydrogen-bond acceptors (Lipinski definition) is 4. The minimum atomic E-state index is -0.776. The minimum Gasteiger partial charge on any atom is -0.453 e. The van der Waals surface area contributed by atoms with E-state index >= 15 is 0 Å². The molecule has 0 aliphatic heterocycles. The van der Waals surface area contributed by atoms with Gasteiger partial charge in [-0.15, -0.1) is 0 Å². The summed E-state index contributed by atoms with van der Waals surface area (Å²) in [5.41, 5.74) is 0.721. The summed E-state index contributed by atoms with van der Waals surface area (Å²) in [5.74, 6) is -0.740. The summed E-state index contributed by atoms with van der Waals surface area (Å²) in [5, 5.41) is 5.19. The number of halogens is 1. The zero-order valence-electron chi connectivity index (χ0n) is 10.9. The fourth-order valence-corrected chi connectivity index (χ4v) is 1.52. The van der Waals surface area contributed by atoms with Gasteiger partial charge in [0.05, 0.1) is 7.11 Å². The highest BCUT2D eigenvalue weighted by molar-refractivity contribution is 5.92. The Morgan fingerprint density at radius 3 is 2.47 bits per heavy atom. The van der Waals surface area contributed by atoms with Gasteiger partial charge in [-0.05, 0) is 30.7 Å². The lowest BCUT2D eigenvalue weighted by atomic mass is 10.1. The maximum Gasteiger partial charge on any atom is 0.413 e. The van der Waals surface area contributed by atoms with Crippen LogP contribution in [0.4, 0.5) is 14.9 Å². The molecular formula is C13H17FN2O3. The molecule has 19 heavy (non-hydrogen) atoms. The maximum absolute atomic E-state index is 12.8. The van der Waals surface area contributed by atoms with E-state index < -0.39 is 12.0 Å². The quantitative estimate of drug-likeness (QED) is 0.859. The fraction of sp³-hybridized carbons (Fsp3) is 0.385. The molecule has 104 valence electrons. The molecule has 1 aromatic carbocycles. The van der Waals surface area contributed by atoms with Crippen molar-refractivity contribution in [2.75, 3.05) is 12.4 Å². The number of ether oxygens (including phenoxy) is 1. The van der Waals surface area contributed by atoms with Gasteiger partial charge in [-0.2, -0.15) is 0 Å². The Morgan fingerprint density at radius 1 is 1.32 bits per heavy atom. The summed E-state index contributed by atoms with van der Waals surface area (Å²) < 4.78 is 17.1. The van der Waals surface area contributed by atoms with Crippen molar-refractivity contribution in [2.45, 2.75) is 25.8 Å². The van der Waals surface area contributed by atoms with E-state index in [1.165, 1.54) is 19.2 Å². The smallest absolute Gasteiger partial charge is 0.413 e. The van der Waals surface area contributed by atoms with Crippen LogP contribution in [0, 0.1) is 5.82 Å². The average Bonchev–Trinajstić information content (AvgIpc) is 2.40. The van der Waals surface area contributed by atoms with Crippen molar-refractivity contribution in [2.24, 2.45) is 0 Å². The van der Waals surface area contributed by atoms with Gasteiger partial charge in [0.25, 0.3) is 0 Å². The molecule has 1 aromatic rings. The number of hydrogen-bond donors (Lipinski definition) is 2. The van der Waals surface area contributed by atoms with E-state index in [1.807, 2.05) is 6.92 Å². The normalized spacial score (nSPS) is 11.5. The van der Waals surface area contributed by atoms with Crippen molar-refractivity contribution >= 4 is 17.7 Å². The van der Waals surface area contributed by atoms with Crippen LogP contribution in [0.3, 0.4) is 0 Å². The number of methoxy groups -OCH3 is 1. The Morgan fingerprint density at radius 2 is 1.95 bits per heavy atom. The Bertz CT molecular complexity index is 434. The second-order valence-corrected chi connectivity index (χ2v) is 4.00. The molecule has 1 rings (SSSR count). The van der Waals surface area contributed by atoms with Gasteiger partial charge in [-0.25, -0.2) is 9.18 Å². The topological polar surface area (TPSA) is 67.4 Å². The molecule has 0 unspecified atom stereocenters. The first-order valence-corrected chi connectivity index (χ1v) is 5.95. The number of carbonyl (C=O) groups is 2. The van der Waals surface area contributed by atoms with Crippen molar-refractivity contribution in [3.63, 3.8) is 0 Å². The third-order valence-electron chi connectivity index (χ3n) is 2.57. The minimum absolute atomic E-state index is 0.128. The second-order valence-electron chi connectivity index (χ2n) is 4.00. The van der Waals surface area contributed by atoms with Crippen molar-refractivity contribution in [3.05, 3.63) is 30.1 Å². The molecule has 6 heteroatoms. The van der Waals surface area contributed by atoms with E-state index in [2.05, 4.69) is 15.4 Å². The number of imide groups is 1. The first-order chi connectivity index (χ1) is 9.05. The SMILES string of the molecule is CC[C@@H](CC(=O)NC(=O)OC)Nc1ccc(F)cc1. The first-order valence-electron chi connectivity index (χ1n) is 5.95. The third-order valence-corrected chi connectivity index (χ3v) is 2.57. The monoisotopic (exact) mass is 268 g/mol. The molecule has 5 nitrogen and oxygen atoms in total. The first kappa shape index (κ1) is 14.9. The zero-order chi connectivity index (χ0) is 14.3. The van der Waals surface area contributed by atoms with Gasteiger partial charge in [0, 0.05) is 18.2 Å². The van der Waals surface area contributed by atoms with E-state index in [-0.39, 0.29) is 18.3 Å². The number of alkyl carbamates (subject to hydrolysis) is 1. The summed E-state index contributed by atoms with van der Waals surface area (Å²) in [6.45, 7) is 1.91. The molecule has 2 N–H and O–H groups in total. The maximum atomic E-state index is 12.8. The molecule has 2 amide bonds. The molecule has 0 aromatic heterocycles. The number of rotatable bonds is 5. The Kier molecular flexibility index (Phi) is 5.78. The molecular weight excluding hydrogens is 251 g/mol. The predicted molar refractivity (Wildman–Crippen MR) is 69.3 cm³/mol. The van der Waals surface area contributed by atoms with Gasteiger partial charge in [0.1, 0.15) is 5.82 Å². The molecule has 0 saturated heterocycles. The van der Waals surface area contributed by atoms with E-state index in [1.54, 1.807) is 12.1 Å². The van der Waals surface area contributed by atoms with Crippen molar-refractivity contribution < 1.29 is 18.7 Å². The van der Waals surface area contributed by atoms with Crippen molar-refractivity contribution in [1.82, 2.24) is 5.32 Å². The molecule has 0 radical (unpaired) electrons. The molecule has 0 aliphatic carbocycles. The van der Waals surface area contributed by atoms with Crippen LogP contribution in [0.15, 0.2) is 24.3 Å². The average molecular weight is 268 g/mol. The van der Waals surface area contributed by atoms with E-state index in [9.17, 15) is 14.0 Å². The lowest BCUT2D eigenvalue weighted by molar-refractivity contribution is -0.120. The van der Waals surface area contributed by atoms with Crippen molar-refractivity contribution in [3.8, 4) is 0 Å². The lowest BCUT2D eigenvalue weighted by Crippen LogP contribution is -2.34. The zero-order valence-corrected chi connectivity index (χ0v) is 10.9. The van der Waals surface area contributed by atoms with E-state index in [0.717, 1.165) is 5.69 Å². The van der Waals surface area contributed by atoms with Gasteiger partial charge in [0.15, 0.2) is 0 Å². The summed E-state index contributed by atoms with van der Waals surface area (Å²) in [6.07, 6.45) is 0.0382. The third kappa shape index (κ3) is 5.37. The standard InChI is InChI=1S/C13H17FN2O3/c1-3-10(8-12(17)16-13(18)19-2)15-11-6-4-9(14)5-7-11/h4-7,10,15H,3,8H2,1-2H3,(H,16,17,18)/t10-/m0/s1. The number of benzene rings is 1. The highest BCUT2D eigenvalue weighted by Crippen LogP contribution is 2.12. The van der Waals surface area contributed by atoms with Crippen molar-refractivity contribution in [1.29, 1.82) is 0 Å². The molecule has 0 heterocycles. The van der Waals surface area contributed by atoms with Gasteiger partial charge < -0.3 is 10.1 Å². The Hall–Kier alpha value is -2.11. The summed E-state index contributed by atoms with van der Waals surface area (Å²) >= 11 is 0. The summed E-state index contributed by atoms with van der Waals surface area (Å²) in [4.78, 5) is 22.4.